The Kier molecular flexibility index (Phi) is 5.20. The molecule has 0 radical (unpaired) electrons. The van der Waals surface area contributed by atoms with E-state index in [2.05, 4.69) is 26.1 Å². The van der Waals surface area contributed by atoms with E-state index in [9.17, 15) is 4.79 Å². The highest BCUT2D eigenvalue weighted by molar-refractivity contribution is 9.10. The van der Waals surface area contributed by atoms with Crippen LogP contribution in [0.4, 0.5) is 0 Å². The first-order chi connectivity index (χ1) is 11.6. The highest BCUT2D eigenvalue weighted by atomic mass is 79.9. The Morgan fingerprint density at radius 1 is 1.29 bits per heavy atom. The minimum atomic E-state index is -0.259. The third kappa shape index (κ3) is 3.47. The average Bonchev–Trinajstić information content (AvgIpc) is 3.23. The molecule has 1 aromatic carbocycles. The van der Waals surface area contributed by atoms with Gasteiger partial charge in [0.15, 0.2) is 22.5 Å². The van der Waals surface area contributed by atoms with E-state index in [-0.39, 0.29) is 11.0 Å². The number of carbonyl (C=O) groups excluding carboxylic acids is 1. The first-order valence-corrected chi connectivity index (χ1v) is 9.21. The van der Waals surface area contributed by atoms with Crippen LogP contribution in [0.3, 0.4) is 0 Å². The summed E-state index contributed by atoms with van der Waals surface area (Å²) < 4.78 is 8.31. The number of furan rings is 1. The lowest BCUT2D eigenvalue weighted by atomic mass is 10.1. The summed E-state index contributed by atoms with van der Waals surface area (Å²) in [6.45, 7) is 4.60. The van der Waals surface area contributed by atoms with Gasteiger partial charge in [0.2, 0.25) is 0 Å². The summed E-state index contributed by atoms with van der Waals surface area (Å²) in [7, 11) is 0. The number of Topliss-reactive ketones (excluding diaryl/α,β-unsaturated/α-hetero) is 1. The molecule has 0 amide bonds. The van der Waals surface area contributed by atoms with Crippen LogP contribution in [0.25, 0.3) is 11.6 Å². The van der Waals surface area contributed by atoms with Gasteiger partial charge in [-0.3, -0.25) is 9.36 Å². The van der Waals surface area contributed by atoms with Gasteiger partial charge in [0.05, 0.1) is 11.5 Å². The van der Waals surface area contributed by atoms with Crippen LogP contribution in [0, 0.1) is 0 Å². The first kappa shape index (κ1) is 17.0. The standard InChI is InChI=1S/C17H16BrN3O2S/c1-3-21-16(14-5-4-10-23-14)19-20-17(21)24-11(2)15(22)12-6-8-13(18)9-7-12/h4-11H,3H2,1-2H3. The number of benzene rings is 1. The lowest BCUT2D eigenvalue weighted by Gasteiger charge is -2.11. The second-order valence-corrected chi connectivity index (χ2v) is 7.38. The molecule has 0 fully saturated rings. The van der Waals surface area contributed by atoms with Crippen LogP contribution in [0.15, 0.2) is 56.7 Å². The van der Waals surface area contributed by atoms with Gasteiger partial charge < -0.3 is 4.42 Å². The summed E-state index contributed by atoms with van der Waals surface area (Å²) in [4.78, 5) is 12.6. The van der Waals surface area contributed by atoms with Crippen molar-refractivity contribution in [3.05, 3.63) is 52.7 Å². The summed E-state index contributed by atoms with van der Waals surface area (Å²) in [5.74, 6) is 1.41. The van der Waals surface area contributed by atoms with Crippen molar-refractivity contribution in [3.63, 3.8) is 0 Å². The predicted molar refractivity (Wildman–Crippen MR) is 97.2 cm³/mol. The number of rotatable bonds is 6. The molecule has 0 N–H and O–H groups in total. The molecule has 0 aliphatic carbocycles. The lowest BCUT2D eigenvalue weighted by molar-refractivity contribution is 0.0994. The zero-order valence-corrected chi connectivity index (χ0v) is 15.7. The third-order valence-corrected chi connectivity index (χ3v) is 5.16. The van der Waals surface area contributed by atoms with E-state index in [0.717, 1.165) is 4.47 Å². The molecule has 2 heterocycles. The monoisotopic (exact) mass is 405 g/mol. The third-order valence-electron chi connectivity index (χ3n) is 3.55. The van der Waals surface area contributed by atoms with Crippen LogP contribution in [0.2, 0.25) is 0 Å². The maximum atomic E-state index is 12.6. The van der Waals surface area contributed by atoms with Crippen molar-refractivity contribution >= 4 is 33.5 Å². The number of carbonyl (C=O) groups is 1. The molecule has 3 aromatic rings. The van der Waals surface area contributed by atoms with Crippen LogP contribution < -0.4 is 0 Å². The molecule has 124 valence electrons. The fourth-order valence-electron chi connectivity index (χ4n) is 2.31. The Morgan fingerprint density at radius 2 is 2.04 bits per heavy atom. The van der Waals surface area contributed by atoms with E-state index in [0.29, 0.717) is 28.8 Å². The molecule has 0 spiro atoms. The number of hydrogen-bond donors (Lipinski definition) is 0. The minimum absolute atomic E-state index is 0.0673. The Hall–Kier alpha value is -1.86. The Labute approximate surface area is 152 Å². The van der Waals surface area contributed by atoms with Gasteiger partial charge in [0.25, 0.3) is 0 Å². The number of halogens is 1. The molecule has 5 nitrogen and oxygen atoms in total. The van der Waals surface area contributed by atoms with Crippen molar-refractivity contribution < 1.29 is 9.21 Å². The van der Waals surface area contributed by atoms with Crippen LogP contribution in [-0.4, -0.2) is 25.8 Å². The molecule has 7 heteroatoms. The van der Waals surface area contributed by atoms with E-state index in [1.165, 1.54) is 11.8 Å². The number of aromatic nitrogens is 3. The van der Waals surface area contributed by atoms with Crippen molar-refractivity contribution in [2.24, 2.45) is 0 Å². The fraction of sp³-hybridized carbons (Fsp3) is 0.235. The normalized spacial score (nSPS) is 12.3. The lowest BCUT2D eigenvalue weighted by Crippen LogP contribution is -2.14. The summed E-state index contributed by atoms with van der Waals surface area (Å²) in [5.41, 5.74) is 0.687. The molecule has 2 aromatic heterocycles. The summed E-state index contributed by atoms with van der Waals surface area (Å²) in [6, 6.07) is 11.0. The molecule has 1 atom stereocenters. The van der Waals surface area contributed by atoms with E-state index in [1.54, 1.807) is 6.26 Å². The van der Waals surface area contributed by atoms with Gasteiger partial charge >= 0.3 is 0 Å². The highest BCUT2D eigenvalue weighted by Crippen LogP contribution is 2.28. The predicted octanol–water partition coefficient (Wildman–Crippen LogP) is 4.68. The van der Waals surface area contributed by atoms with Gasteiger partial charge in [-0.05, 0) is 38.1 Å². The Balaban J connectivity index is 1.80. The topological polar surface area (TPSA) is 60.9 Å². The van der Waals surface area contributed by atoms with Gasteiger partial charge in [-0.25, -0.2) is 0 Å². The number of ketones is 1. The molecule has 1 unspecified atom stereocenters. The van der Waals surface area contributed by atoms with E-state index in [4.69, 9.17) is 4.42 Å². The first-order valence-electron chi connectivity index (χ1n) is 7.53. The number of thioether (sulfide) groups is 1. The highest BCUT2D eigenvalue weighted by Gasteiger charge is 2.22. The maximum absolute atomic E-state index is 12.6. The number of hydrogen-bond acceptors (Lipinski definition) is 5. The number of nitrogens with zero attached hydrogens (tertiary/aromatic N) is 3. The molecule has 0 saturated heterocycles. The van der Waals surface area contributed by atoms with Gasteiger partial charge in [0.1, 0.15) is 0 Å². The van der Waals surface area contributed by atoms with Gasteiger partial charge in [0, 0.05) is 16.6 Å². The molecular formula is C17H16BrN3O2S. The quantitative estimate of drug-likeness (QED) is 0.439. The van der Waals surface area contributed by atoms with Crippen LogP contribution in [-0.2, 0) is 6.54 Å². The van der Waals surface area contributed by atoms with Gasteiger partial charge in [-0.15, -0.1) is 10.2 Å². The van der Waals surface area contributed by atoms with Crippen LogP contribution in [0.1, 0.15) is 24.2 Å². The second-order valence-electron chi connectivity index (χ2n) is 5.16. The molecule has 0 aliphatic rings. The maximum Gasteiger partial charge on any atom is 0.200 e. The zero-order valence-electron chi connectivity index (χ0n) is 13.3. The molecule has 24 heavy (non-hydrogen) atoms. The van der Waals surface area contributed by atoms with Gasteiger partial charge in [-0.2, -0.15) is 0 Å². The fourth-order valence-corrected chi connectivity index (χ4v) is 3.56. The van der Waals surface area contributed by atoms with Crippen molar-refractivity contribution in [2.45, 2.75) is 30.8 Å². The summed E-state index contributed by atoms with van der Waals surface area (Å²) >= 11 is 4.79. The van der Waals surface area contributed by atoms with Crippen LogP contribution in [0.5, 0.6) is 0 Å². The molecule has 0 aliphatic heterocycles. The largest absolute Gasteiger partial charge is 0.461 e. The molecule has 0 saturated carbocycles. The van der Waals surface area contributed by atoms with E-state index < -0.39 is 0 Å². The minimum Gasteiger partial charge on any atom is -0.461 e. The van der Waals surface area contributed by atoms with E-state index >= 15 is 0 Å². The molecule has 0 bridgehead atoms. The van der Waals surface area contributed by atoms with Crippen LogP contribution >= 0.6 is 27.7 Å². The van der Waals surface area contributed by atoms with Crippen molar-refractivity contribution in [1.29, 1.82) is 0 Å². The molecule has 3 rings (SSSR count). The Morgan fingerprint density at radius 3 is 2.67 bits per heavy atom. The molecular weight excluding hydrogens is 390 g/mol. The van der Waals surface area contributed by atoms with Crippen molar-refractivity contribution in [3.8, 4) is 11.6 Å². The van der Waals surface area contributed by atoms with E-state index in [1.807, 2.05) is 54.8 Å². The summed E-state index contributed by atoms with van der Waals surface area (Å²) in [6.07, 6.45) is 1.61. The second kappa shape index (κ2) is 7.36. The SMILES string of the molecule is CCn1c(SC(C)C(=O)c2ccc(Br)cc2)nnc1-c1ccco1. The van der Waals surface area contributed by atoms with Crippen molar-refractivity contribution in [1.82, 2.24) is 14.8 Å². The summed E-state index contributed by atoms with van der Waals surface area (Å²) in [5, 5.41) is 8.89. The van der Waals surface area contributed by atoms with Gasteiger partial charge in [-0.1, -0.05) is 39.8 Å². The average molecular weight is 406 g/mol. The Bertz CT molecular complexity index is 828. The van der Waals surface area contributed by atoms with Crippen molar-refractivity contribution in [2.75, 3.05) is 0 Å². The zero-order chi connectivity index (χ0) is 17.1. The smallest absolute Gasteiger partial charge is 0.200 e.